The van der Waals surface area contributed by atoms with Gasteiger partial charge in [-0.05, 0) is 30.3 Å². The first-order valence-electron chi connectivity index (χ1n) is 4.33. The molecule has 0 aliphatic rings. The Morgan fingerprint density at radius 1 is 1.25 bits per heavy atom. The van der Waals surface area contributed by atoms with E-state index < -0.39 is 0 Å². The molecular formula is C11H5Cl2N2S. The van der Waals surface area contributed by atoms with Gasteiger partial charge >= 0.3 is 0 Å². The van der Waals surface area contributed by atoms with Gasteiger partial charge in [-0.15, -0.1) is 0 Å². The fourth-order valence-corrected chi connectivity index (χ4v) is 2.38. The van der Waals surface area contributed by atoms with E-state index in [1.165, 1.54) is 16.3 Å². The van der Waals surface area contributed by atoms with Gasteiger partial charge in [-0.1, -0.05) is 35.0 Å². The number of hydrogen-bond donors (Lipinski definition) is 0. The van der Waals surface area contributed by atoms with Crippen LogP contribution in [0.1, 0.15) is 0 Å². The lowest BCUT2D eigenvalue weighted by Crippen LogP contribution is -1.87. The summed E-state index contributed by atoms with van der Waals surface area (Å²) < 4.78 is 1.37. The van der Waals surface area contributed by atoms with Crippen LogP contribution in [0, 0.1) is 17.7 Å². The molecule has 0 saturated carbocycles. The number of rotatable bonds is 2. The zero-order valence-corrected chi connectivity index (χ0v) is 10.3. The average molecular weight is 268 g/mol. The summed E-state index contributed by atoms with van der Waals surface area (Å²) in [4.78, 5) is 0.929. The molecule has 1 radical (unpaired) electrons. The Balaban J connectivity index is 2.28. The van der Waals surface area contributed by atoms with E-state index in [9.17, 15) is 0 Å². The fraction of sp³-hybridized carbons (Fsp3) is 0. The fourth-order valence-electron chi connectivity index (χ4n) is 1.14. The summed E-state index contributed by atoms with van der Waals surface area (Å²) in [5, 5.41) is 10.6. The van der Waals surface area contributed by atoms with Gasteiger partial charge in [0.1, 0.15) is 0 Å². The Morgan fingerprint density at radius 3 is 2.75 bits per heavy atom. The van der Waals surface area contributed by atoms with E-state index in [4.69, 9.17) is 28.5 Å². The Labute approximate surface area is 107 Å². The van der Waals surface area contributed by atoms with Crippen molar-refractivity contribution in [2.24, 2.45) is 0 Å². The van der Waals surface area contributed by atoms with E-state index >= 15 is 0 Å². The average Bonchev–Trinajstić information content (AvgIpc) is 2.71. The van der Waals surface area contributed by atoms with Crippen molar-refractivity contribution in [3.63, 3.8) is 0 Å². The van der Waals surface area contributed by atoms with Crippen LogP contribution in [0.4, 0.5) is 0 Å². The summed E-state index contributed by atoms with van der Waals surface area (Å²) in [6.45, 7) is 0. The van der Waals surface area contributed by atoms with Crippen molar-refractivity contribution < 1.29 is 0 Å². The van der Waals surface area contributed by atoms with E-state index in [2.05, 4.69) is 6.20 Å². The van der Waals surface area contributed by atoms with Crippen LogP contribution in [0.3, 0.4) is 0 Å². The summed E-state index contributed by atoms with van der Waals surface area (Å²) in [6, 6.07) is 8.87. The van der Waals surface area contributed by atoms with Crippen molar-refractivity contribution in [1.82, 2.24) is 4.57 Å². The molecule has 0 fully saturated rings. The van der Waals surface area contributed by atoms with Crippen molar-refractivity contribution in [2.75, 3.05) is 0 Å². The quantitative estimate of drug-likeness (QED) is 0.821. The number of benzene rings is 1. The molecule has 2 rings (SSSR count). The van der Waals surface area contributed by atoms with Crippen LogP contribution in [0.2, 0.25) is 10.0 Å². The minimum atomic E-state index is 0.505. The van der Waals surface area contributed by atoms with Crippen molar-refractivity contribution >= 4 is 35.0 Å². The minimum Gasteiger partial charge on any atom is -0.239 e. The van der Waals surface area contributed by atoms with Crippen LogP contribution in [-0.2, 0) is 0 Å². The summed E-state index contributed by atoms with van der Waals surface area (Å²) in [5.41, 5.74) is 0. The molecule has 0 unspecified atom stereocenters. The highest BCUT2D eigenvalue weighted by Gasteiger charge is 2.05. The topological polar surface area (TPSA) is 28.7 Å². The predicted molar refractivity (Wildman–Crippen MR) is 64.9 cm³/mol. The molecule has 5 heteroatoms. The number of hydrogen-bond acceptors (Lipinski definition) is 2. The lowest BCUT2D eigenvalue weighted by Gasteiger charge is -2.02. The molecular weight excluding hydrogens is 263 g/mol. The van der Waals surface area contributed by atoms with Crippen LogP contribution < -0.4 is 0 Å². The summed E-state index contributed by atoms with van der Waals surface area (Å²) in [6.07, 6.45) is 4.78. The van der Waals surface area contributed by atoms with Crippen LogP contribution in [0.5, 0.6) is 0 Å². The van der Waals surface area contributed by atoms with Gasteiger partial charge in [0.15, 0.2) is 6.19 Å². The third kappa shape index (κ3) is 2.35. The molecule has 0 N–H and O–H groups in total. The number of aromatic nitrogens is 1. The van der Waals surface area contributed by atoms with Crippen LogP contribution in [0.15, 0.2) is 40.3 Å². The molecule has 16 heavy (non-hydrogen) atoms. The first-order chi connectivity index (χ1) is 7.70. The number of nitrogens with zero attached hydrogens (tertiary/aromatic N) is 2. The van der Waals surface area contributed by atoms with Crippen molar-refractivity contribution in [3.05, 3.63) is 46.6 Å². The van der Waals surface area contributed by atoms with Gasteiger partial charge in [0.05, 0.1) is 21.3 Å². The van der Waals surface area contributed by atoms with Gasteiger partial charge in [-0.2, -0.15) is 5.26 Å². The zero-order chi connectivity index (χ0) is 11.5. The Hall–Kier alpha value is -1.08. The standard InChI is InChI=1S/C11H5Cl2N2S/c12-9-4-3-8(6-10(9)13)16-11-2-1-5-15(11)7-14/h1-4,6H. The minimum absolute atomic E-state index is 0.505. The SMILES string of the molecule is N#Cn1[c]ccc1Sc1ccc(Cl)c(Cl)c1. The van der Waals surface area contributed by atoms with Gasteiger partial charge in [0, 0.05) is 4.90 Å². The normalized spacial score (nSPS) is 10.1. The molecule has 0 atom stereocenters. The van der Waals surface area contributed by atoms with Crippen molar-refractivity contribution in [2.45, 2.75) is 9.92 Å². The van der Waals surface area contributed by atoms with Crippen LogP contribution in [0.25, 0.3) is 0 Å². The lowest BCUT2D eigenvalue weighted by atomic mass is 10.4. The molecule has 0 aliphatic carbocycles. The number of halogens is 2. The Bertz CT molecular complexity index is 557. The second-order valence-electron chi connectivity index (χ2n) is 2.91. The molecule has 1 aromatic carbocycles. The molecule has 1 heterocycles. The summed E-state index contributed by atoms with van der Waals surface area (Å²) >= 11 is 13.2. The molecule has 1 aromatic heterocycles. The zero-order valence-electron chi connectivity index (χ0n) is 7.95. The third-order valence-corrected chi connectivity index (χ3v) is 3.62. The first-order valence-corrected chi connectivity index (χ1v) is 5.90. The maximum atomic E-state index is 8.81. The van der Waals surface area contributed by atoms with Gasteiger partial charge in [-0.25, -0.2) is 4.57 Å². The molecule has 0 amide bonds. The molecule has 0 aliphatic heterocycles. The maximum Gasteiger partial charge on any atom is 0.189 e. The monoisotopic (exact) mass is 267 g/mol. The van der Waals surface area contributed by atoms with E-state index in [0.717, 1.165) is 9.92 Å². The molecule has 0 spiro atoms. The van der Waals surface area contributed by atoms with E-state index in [1.54, 1.807) is 18.2 Å². The maximum absolute atomic E-state index is 8.81. The molecule has 2 aromatic rings. The first kappa shape index (κ1) is 11.4. The van der Waals surface area contributed by atoms with E-state index in [-0.39, 0.29) is 0 Å². The number of nitriles is 1. The van der Waals surface area contributed by atoms with Crippen molar-refractivity contribution in [1.29, 1.82) is 5.26 Å². The molecule has 2 nitrogen and oxygen atoms in total. The highest BCUT2D eigenvalue weighted by molar-refractivity contribution is 7.99. The van der Waals surface area contributed by atoms with Crippen molar-refractivity contribution in [3.8, 4) is 6.19 Å². The molecule has 79 valence electrons. The highest BCUT2D eigenvalue weighted by atomic mass is 35.5. The second kappa shape index (κ2) is 4.84. The Kier molecular flexibility index (Phi) is 3.45. The third-order valence-electron chi connectivity index (χ3n) is 1.86. The predicted octanol–water partition coefficient (Wildman–Crippen LogP) is 4.08. The van der Waals surface area contributed by atoms with Crippen LogP contribution in [-0.4, -0.2) is 4.57 Å². The summed E-state index contributed by atoms with van der Waals surface area (Å²) in [7, 11) is 0. The van der Waals surface area contributed by atoms with Gasteiger partial charge in [0.2, 0.25) is 0 Å². The molecule has 0 bridgehead atoms. The highest BCUT2D eigenvalue weighted by Crippen LogP contribution is 2.32. The smallest absolute Gasteiger partial charge is 0.189 e. The van der Waals surface area contributed by atoms with E-state index in [0.29, 0.717) is 10.0 Å². The van der Waals surface area contributed by atoms with Gasteiger partial charge in [0.25, 0.3) is 0 Å². The Morgan fingerprint density at radius 2 is 2.06 bits per heavy atom. The largest absolute Gasteiger partial charge is 0.239 e. The van der Waals surface area contributed by atoms with Gasteiger partial charge < -0.3 is 0 Å². The lowest BCUT2D eigenvalue weighted by molar-refractivity contribution is 0.967. The molecule has 0 saturated heterocycles. The van der Waals surface area contributed by atoms with Gasteiger partial charge in [-0.3, -0.25) is 0 Å². The van der Waals surface area contributed by atoms with E-state index in [1.807, 2.05) is 18.3 Å². The second-order valence-corrected chi connectivity index (χ2v) is 4.82. The summed E-state index contributed by atoms with van der Waals surface area (Å²) in [5.74, 6) is 0. The van der Waals surface area contributed by atoms with Crippen LogP contribution >= 0.6 is 35.0 Å².